The number of hydrogen-bond donors (Lipinski definition) is 1. The number of rotatable bonds is 6. The molecular weight excluding hydrogens is 359 g/mol. The third-order valence-corrected chi connectivity index (χ3v) is 4.52. The van der Waals surface area contributed by atoms with Gasteiger partial charge in [0.2, 0.25) is 0 Å². The Morgan fingerprint density at radius 1 is 0.913 bits per heavy atom. The van der Waals surface area contributed by atoms with Crippen LogP contribution in [0.2, 0.25) is 15.1 Å². The van der Waals surface area contributed by atoms with Gasteiger partial charge in [-0.1, -0.05) is 59.1 Å². The summed E-state index contributed by atoms with van der Waals surface area (Å²) in [5.74, 6) is -1.27. The number of benzene rings is 2. The smallest absolute Gasteiger partial charge is 0.338 e. The molecule has 0 atom stereocenters. The molecule has 23 heavy (non-hydrogen) atoms. The van der Waals surface area contributed by atoms with Crippen molar-refractivity contribution < 1.29 is 14.7 Å². The monoisotopic (exact) mass is 370 g/mol. The average molecular weight is 372 g/mol. The molecule has 0 aliphatic carbocycles. The van der Waals surface area contributed by atoms with E-state index in [-0.39, 0.29) is 27.8 Å². The van der Waals surface area contributed by atoms with Crippen LogP contribution in [0.3, 0.4) is 0 Å². The predicted octanol–water partition coefficient (Wildman–Crippen LogP) is 5.09. The second-order valence-electron chi connectivity index (χ2n) is 5.01. The van der Waals surface area contributed by atoms with Crippen molar-refractivity contribution in [2.24, 2.45) is 0 Å². The maximum atomic E-state index is 12.1. The number of carboxylic acids is 1. The number of carbonyl (C=O) groups excluding carboxylic acids is 1. The number of carboxylic acid groups (broad SMARTS) is 1. The van der Waals surface area contributed by atoms with Crippen LogP contribution in [0.15, 0.2) is 36.4 Å². The van der Waals surface area contributed by atoms with E-state index in [0.717, 1.165) is 5.56 Å². The largest absolute Gasteiger partial charge is 0.478 e. The van der Waals surface area contributed by atoms with Crippen LogP contribution in [0.1, 0.15) is 27.9 Å². The molecule has 1 N–H and O–H groups in total. The van der Waals surface area contributed by atoms with Crippen LogP contribution in [0, 0.1) is 0 Å². The molecule has 0 spiro atoms. The highest BCUT2D eigenvalue weighted by molar-refractivity contribution is 6.39. The fraction of sp³-hybridized carbons (Fsp3) is 0.176. The molecule has 0 aliphatic heterocycles. The molecule has 0 saturated heterocycles. The minimum Gasteiger partial charge on any atom is -0.478 e. The van der Waals surface area contributed by atoms with Crippen molar-refractivity contribution in [2.45, 2.75) is 19.3 Å². The van der Waals surface area contributed by atoms with Crippen molar-refractivity contribution in [3.63, 3.8) is 0 Å². The van der Waals surface area contributed by atoms with E-state index in [4.69, 9.17) is 39.9 Å². The minimum atomic E-state index is -1.22. The molecule has 0 amide bonds. The number of Topliss-reactive ketones (excluding diaryl/α,β-unsaturated/α-hetero) is 1. The van der Waals surface area contributed by atoms with Gasteiger partial charge in [-0.3, -0.25) is 4.79 Å². The molecular formula is C17H13Cl3O3. The zero-order valence-corrected chi connectivity index (χ0v) is 14.3. The van der Waals surface area contributed by atoms with Gasteiger partial charge in [0.05, 0.1) is 15.6 Å². The number of halogens is 3. The fourth-order valence-electron chi connectivity index (χ4n) is 2.20. The lowest BCUT2D eigenvalue weighted by Gasteiger charge is -2.09. The highest BCUT2D eigenvalue weighted by Gasteiger charge is 2.18. The molecule has 0 unspecified atom stereocenters. The third-order valence-electron chi connectivity index (χ3n) is 3.40. The number of carbonyl (C=O) groups is 2. The van der Waals surface area contributed by atoms with Crippen molar-refractivity contribution in [3.8, 4) is 0 Å². The molecule has 3 nitrogen and oxygen atoms in total. The maximum absolute atomic E-state index is 12.1. The van der Waals surface area contributed by atoms with Crippen molar-refractivity contribution in [2.75, 3.05) is 0 Å². The van der Waals surface area contributed by atoms with Gasteiger partial charge in [-0.15, -0.1) is 0 Å². The standard InChI is InChI=1S/C17H13Cl3O3/c18-13-4-2-1-3-10(13)5-7-12(21)9-11-6-8-14(19)15(16(11)20)17(22)23/h1-4,6,8H,5,7,9H2,(H,22,23). The second kappa shape index (κ2) is 7.82. The molecule has 0 radical (unpaired) electrons. The summed E-state index contributed by atoms with van der Waals surface area (Å²) in [4.78, 5) is 23.3. The van der Waals surface area contributed by atoms with Gasteiger partial charge in [-0.2, -0.15) is 0 Å². The lowest BCUT2D eigenvalue weighted by molar-refractivity contribution is -0.118. The van der Waals surface area contributed by atoms with Crippen molar-refractivity contribution in [3.05, 3.63) is 68.2 Å². The van der Waals surface area contributed by atoms with Crippen molar-refractivity contribution >= 4 is 46.6 Å². The van der Waals surface area contributed by atoms with Gasteiger partial charge in [-0.05, 0) is 29.7 Å². The Morgan fingerprint density at radius 2 is 1.61 bits per heavy atom. The molecule has 2 aromatic rings. The third kappa shape index (κ3) is 4.47. The summed E-state index contributed by atoms with van der Waals surface area (Å²) in [7, 11) is 0. The Hall–Kier alpha value is -1.55. The fourth-order valence-corrected chi connectivity index (χ4v) is 3.03. The van der Waals surface area contributed by atoms with Crippen molar-refractivity contribution in [1.29, 1.82) is 0 Å². The van der Waals surface area contributed by atoms with E-state index < -0.39 is 5.97 Å². The van der Waals surface area contributed by atoms with Gasteiger partial charge in [-0.25, -0.2) is 4.79 Å². The van der Waals surface area contributed by atoms with E-state index in [1.807, 2.05) is 18.2 Å². The van der Waals surface area contributed by atoms with E-state index >= 15 is 0 Å². The molecule has 0 aliphatic rings. The van der Waals surface area contributed by atoms with E-state index in [9.17, 15) is 9.59 Å². The number of aryl methyl sites for hydroxylation is 1. The first-order valence-electron chi connectivity index (χ1n) is 6.85. The minimum absolute atomic E-state index is 0.0103. The average Bonchev–Trinajstić information content (AvgIpc) is 2.49. The Morgan fingerprint density at radius 3 is 2.26 bits per heavy atom. The van der Waals surface area contributed by atoms with Gasteiger partial charge in [0.25, 0.3) is 0 Å². The summed E-state index contributed by atoms with van der Waals surface area (Å²) in [6, 6.07) is 10.3. The normalized spacial score (nSPS) is 10.6. The van der Waals surface area contributed by atoms with Gasteiger partial charge >= 0.3 is 5.97 Å². The van der Waals surface area contributed by atoms with Crippen LogP contribution in [0.5, 0.6) is 0 Å². The molecule has 0 aromatic heterocycles. The van der Waals surface area contributed by atoms with E-state index in [0.29, 0.717) is 23.4 Å². The quantitative estimate of drug-likeness (QED) is 0.769. The molecule has 0 bridgehead atoms. The van der Waals surface area contributed by atoms with Crippen LogP contribution in [-0.2, 0) is 17.6 Å². The first-order chi connectivity index (χ1) is 10.9. The number of hydrogen-bond acceptors (Lipinski definition) is 2. The molecule has 0 heterocycles. The van der Waals surface area contributed by atoms with Gasteiger partial charge < -0.3 is 5.11 Å². The highest BCUT2D eigenvalue weighted by atomic mass is 35.5. The van der Waals surface area contributed by atoms with Crippen molar-refractivity contribution in [1.82, 2.24) is 0 Å². The Bertz CT molecular complexity index is 757. The molecule has 6 heteroatoms. The van der Waals surface area contributed by atoms with Gasteiger partial charge in [0.1, 0.15) is 5.78 Å². The van der Waals surface area contributed by atoms with Crippen LogP contribution >= 0.6 is 34.8 Å². The van der Waals surface area contributed by atoms with Crippen LogP contribution in [-0.4, -0.2) is 16.9 Å². The zero-order chi connectivity index (χ0) is 17.0. The molecule has 120 valence electrons. The van der Waals surface area contributed by atoms with E-state index in [2.05, 4.69) is 0 Å². The summed E-state index contributed by atoms with van der Waals surface area (Å²) in [6.07, 6.45) is 0.876. The van der Waals surface area contributed by atoms with Crippen LogP contribution in [0.25, 0.3) is 0 Å². The summed E-state index contributed by atoms with van der Waals surface area (Å²) in [6.45, 7) is 0. The first kappa shape index (κ1) is 17.8. The second-order valence-corrected chi connectivity index (χ2v) is 6.20. The lowest BCUT2D eigenvalue weighted by Crippen LogP contribution is -2.08. The summed E-state index contributed by atoms with van der Waals surface area (Å²) < 4.78 is 0. The number of ketones is 1. The SMILES string of the molecule is O=C(CCc1ccccc1Cl)Cc1ccc(Cl)c(C(=O)O)c1Cl. The first-order valence-corrected chi connectivity index (χ1v) is 7.98. The van der Waals surface area contributed by atoms with Gasteiger partial charge in [0.15, 0.2) is 0 Å². The molecule has 0 saturated carbocycles. The molecule has 2 aromatic carbocycles. The maximum Gasteiger partial charge on any atom is 0.338 e. The summed E-state index contributed by atoms with van der Waals surface area (Å²) >= 11 is 17.9. The van der Waals surface area contributed by atoms with E-state index in [1.165, 1.54) is 6.07 Å². The molecule has 0 fully saturated rings. The zero-order valence-electron chi connectivity index (χ0n) is 12.0. The topological polar surface area (TPSA) is 54.4 Å². The van der Waals surface area contributed by atoms with E-state index in [1.54, 1.807) is 12.1 Å². The summed E-state index contributed by atoms with van der Waals surface area (Å²) in [5, 5.41) is 9.80. The van der Waals surface area contributed by atoms with Crippen LogP contribution < -0.4 is 0 Å². The Balaban J connectivity index is 2.08. The Labute approximate surface area is 148 Å². The molecule has 2 rings (SSSR count). The lowest BCUT2D eigenvalue weighted by atomic mass is 10.0. The predicted molar refractivity (Wildman–Crippen MR) is 91.9 cm³/mol. The van der Waals surface area contributed by atoms with Crippen LogP contribution in [0.4, 0.5) is 0 Å². The highest BCUT2D eigenvalue weighted by Crippen LogP contribution is 2.29. The summed E-state index contributed by atoms with van der Waals surface area (Å²) in [5.41, 5.74) is 1.18. The Kier molecular flexibility index (Phi) is 6.05. The van der Waals surface area contributed by atoms with Gasteiger partial charge in [0, 0.05) is 17.9 Å². The number of aromatic carboxylic acids is 1.